The number of amides is 3. The van der Waals surface area contributed by atoms with Gasteiger partial charge >= 0.3 is 0 Å². The Kier molecular flexibility index (Phi) is 10.4. The summed E-state index contributed by atoms with van der Waals surface area (Å²) in [6.45, 7) is 0. The number of thioether (sulfide) groups is 1. The molecule has 0 unspecified atom stereocenters. The van der Waals surface area contributed by atoms with Crippen molar-refractivity contribution >= 4 is 52.6 Å². The number of benzene rings is 5. The van der Waals surface area contributed by atoms with Gasteiger partial charge in [-0.2, -0.15) is 0 Å². The monoisotopic (exact) mass is 669 g/mol. The van der Waals surface area contributed by atoms with Crippen LogP contribution in [0, 0.1) is 0 Å². The predicted octanol–water partition coefficient (Wildman–Crippen LogP) is 7.67. The van der Waals surface area contributed by atoms with Gasteiger partial charge in [-0.05, 0) is 96.8 Å². The third kappa shape index (κ3) is 7.85. The molecular formula is C40H35N3O5S. The number of hydrogen-bond donors (Lipinski definition) is 2. The Labute approximate surface area is 289 Å². The normalized spacial score (nSPS) is 12.2. The zero-order valence-corrected chi connectivity index (χ0v) is 28.0. The maximum Gasteiger partial charge on any atom is 0.272 e. The number of aryl methyl sites for hydroxylation is 2. The Morgan fingerprint density at radius 1 is 0.755 bits per heavy atom. The fourth-order valence-corrected chi connectivity index (χ4v) is 6.39. The highest BCUT2D eigenvalue weighted by Gasteiger charge is 2.25. The lowest BCUT2D eigenvalue weighted by Crippen LogP contribution is -2.30. The summed E-state index contributed by atoms with van der Waals surface area (Å²) in [5.74, 6) is 0.328. The topological polar surface area (TPSA) is 97.0 Å². The molecule has 0 spiro atoms. The number of methoxy groups -OCH3 is 2. The van der Waals surface area contributed by atoms with Gasteiger partial charge in [0.1, 0.15) is 17.2 Å². The molecular weight excluding hydrogens is 635 g/mol. The lowest BCUT2D eigenvalue weighted by molar-refractivity contribution is -0.115. The molecule has 0 atom stereocenters. The summed E-state index contributed by atoms with van der Waals surface area (Å²) in [4.78, 5) is 43.2. The first-order chi connectivity index (χ1) is 23.9. The van der Waals surface area contributed by atoms with Crippen molar-refractivity contribution in [1.29, 1.82) is 0 Å². The van der Waals surface area contributed by atoms with E-state index in [1.54, 1.807) is 67.8 Å². The molecule has 5 aromatic rings. The molecule has 6 rings (SSSR count). The summed E-state index contributed by atoms with van der Waals surface area (Å²) < 4.78 is 10.9. The van der Waals surface area contributed by atoms with Crippen molar-refractivity contribution in [3.8, 4) is 11.5 Å². The molecule has 8 nitrogen and oxygen atoms in total. The van der Waals surface area contributed by atoms with Crippen molar-refractivity contribution in [1.82, 2.24) is 5.32 Å². The molecule has 3 amide bonds. The number of ether oxygens (including phenoxy) is 2. The highest BCUT2D eigenvalue weighted by Crippen LogP contribution is 2.37. The molecule has 5 aromatic carbocycles. The fraction of sp³-hybridized carbons (Fsp3) is 0.125. The Hall–Kier alpha value is -5.80. The number of anilines is 3. The third-order valence-electron chi connectivity index (χ3n) is 8.12. The molecule has 1 aliphatic rings. The quantitative estimate of drug-likeness (QED) is 0.117. The summed E-state index contributed by atoms with van der Waals surface area (Å²) in [5, 5.41) is 5.63. The molecule has 1 aliphatic heterocycles. The number of nitrogens with one attached hydrogen (secondary N) is 2. The van der Waals surface area contributed by atoms with Crippen LogP contribution in [0.25, 0.3) is 6.08 Å². The summed E-state index contributed by atoms with van der Waals surface area (Å²) >= 11 is 1.43. The van der Waals surface area contributed by atoms with Crippen LogP contribution in [0.15, 0.2) is 132 Å². The van der Waals surface area contributed by atoms with Gasteiger partial charge in [-0.25, -0.2) is 0 Å². The highest BCUT2D eigenvalue weighted by molar-refractivity contribution is 8.00. The van der Waals surface area contributed by atoms with Gasteiger partial charge in [0.05, 0.1) is 31.3 Å². The van der Waals surface area contributed by atoms with Crippen LogP contribution in [-0.2, 0) is 22.4 Å². The Bertz CT molecular complexity index is 1960. The smallest absolute Gasteiger partial charge is 0.272 e. The number of hydrogen-bond acceptors (Lipinski definition) is 6. The van der Waals surface area contributed by atoms with Crippen LogP contribution in [0.1, 0.15) is 27.0 Å². The largest absolute Gasteiger partial charge is 0.497 e. The van der Waals surface area contributed by atoms with Crippen LogP contribution >= 0.6 is 11.8 Å². The van der Waals surface area contributed by atoms with E-state index >= 15 is 0 Å². The van der Waals surface area contributed by atoms with Gasteiger partial charge in [-0.1, -0.05) is 54.6 Å². The van der Waals surface area contributed by atoms with Gasteiger partial charge < -0.3 is 20.1 Å². The first kappa shape index (κ1) is 33.1. The van der Waals surface area contributed by atoms with Crippen LogP contribution in [-0.4, -0.2) is 37.7 Å². The second kappa shape index (κ2) is 15.4. The molecule has 0 saturated heterocycles. The van der Waals surface area contributed by atoms with E-state index in [4.69, 9.17) is 9.47 Å². The lowest BCUT2D eigenvalue weighted by atomic mass is 10.0. The number of fused-ring (bicyclic) bond motifs is 2. The van der Waals surface area contributed by atoms with E-state index in [-0.39, 0.29) is 17.4 Å². The molecule has 0 radical (unpaired) electrons. The van der Waals surface area contributed by atoms with E-state index in [2.05, 4.69) is 22.8 Å². The zero-order valence-electron chi connectivity index (χ0n) is 27.1. The zero-order chi connectivity index (χ0) is 34.2. The SMILES string of the molecule is COc1ccc(OC)c(/C=C(\NC(=O)c2ccccc2)C(=O)Nc2ccc(SCC(=O)N3c4ccccc4CCc4ccccc43)cc2)c1. The molecule has 0 bridgehead atoms. The number of carbonyl (C=O) groups is 3. The molecule has 0 aromatic heterocycles. The van der Waals surface area contributed by atoms with E-state index in [0.717, 1.165) is 40.2 Å². The van der Waals surface area contributed by atoms with Gasteiger partial charge in [-0.3, -0.25) is 19.3 Å². The lowest BCUT2D eigenvalue weighted by Gasteiger charge is -2.25. The van der Waals surface area contributed by atoms with E-state index in [1.807, 2.05) is 59.5 Å². The maximum absolute atomic E-state index is 13.8. The average Bonchev–Trinajstić information content (AvgIpc) is 3.31. The summed E-state index contributed by atoms with van der Waals surface area (Å²) in [7, 11) is 3.07. The second-order valence-corrected chi connectivity index (χ2v) is 12.3. The van der Waals surface area contributed by atoms with Crippen LogP contribution < -0.4 is 25.0 Å². The third-order valence-corrected chi connectivity index (χ3v) is 9.11. The Balaban J connectivity index is 1.18. The van der Waals surface area contributed by atoms with E-state index in [1.165, 1.54) is 18.9 Å². The molecule has 0 fully saturated rings. The van der Waals surface area contributed by atoms with Crippen molar-refractivity contribution in [2.75, 3.05) is 30.2 Å². The summed E-state index contributed by atoms with van der Waals surface area (Å²) in [5.41, 5.74) is 5.63. The highest BCUT2D eigenvalue weighted by atomic mass is 32.2. The summed E-state index contributed by atoms with van der Waals surface area (Å²) in [6, 6.07) is 37.2. The molecule has 1 heterocycles. The van der Waals surface area contributed by atoms with Gasteiger partial charge in [0.25, 0.3) is 11.8 Å². The number of carbonyl (C=O) groups excluding carboxylic acids is 3. The van der Waals surface area contributed by atoms with E-state index in [0.29, 0.717) is 28.3 Å². The first-order valence-electron chi connectivity index (χ1n) is 15.8. The molecule has 0 saturated carbocycles. The maximum atomic E-state index is 13.8. The molecule has 0 aliphatic carbocycles. The van der Waals surface area contributed by atoms with Crippen molar-refractivity contribution < 1.29 is 23.9 Å². The van der Waals surface area contributed by atoms with Gasteiger partial charge in [-0.15, -0.1) is 11.8 Å². The standard InChI is InChI=1S/C40H35N3O5S/c1-47-32-20-23-37(48-2)30(24-32)25-34(42-39(45)29-12-4-3-5-13-29)40(46)41-31-18-21-33(22-19-31)49-26-38(44)43-35-14-8-6-10-27(35)16-17-28-11-7-9-15-36(28)43/h3-15,18-25H,16-17,26H2,1-2H3,(H,41,46)(H,42,45)/b34-25-. The Morgan fingerprint density at radius 2 is 1.39 bits per heavy atom. The first-order valence-corrected chi connectivity index (χ1v) is 16.7. The van der Waals surface area contributed by atoms with E-state index < -0.39 is 11.8 Å². The van der Waals surface area contributed by atoms with Crippen LogP contribution in [0.4, 0.5) is 17.1 Å². The van der Waals surface area contributed by atoms with E-state index in [9.17, 15) is 14.4 Å². The predicted molar refractivity (Wildman–Crippen MR) is 195 cm³/mol. The molecule has 2 N–H and O–H groups in total. The molecule has 9 heteroatoms. The minimum atomic E-state index is -0.525. The van der Waals surface area contributed by atoms with Crippen LogP contribution in [0.2, 0.25) is 0 Å². The second-order valence-electron chi connectivity index (χ2n) is 11.2. The van der Waals surface area contributed by atoms with Gasteiger partial charge in [0.15, 0.2) is 0 Å². The van der Waals surface area contributed by atoms with Crippen LogP contribution in [0.5, 0.6) is 11.5 Å². The molecule has 49 heavy (non-hydrogen) atoms. The minimum Gasteiger partial charge on any atom is -0.497 e. The average molecular weight is 670 g/mol. The van der Waals surface area contributed by atoms with Crippen molar-refractivity contribution in [3.05, 3.63) is 149 Å². The van der Waals surface area contributed by atoms with Crippen molar-refractivity contribution in [2.24, 2.45) is 0 Å². The fourth-order valence-electron chi connectivity index (χ4n) is 5.64. The van der Waals surface area contributed by atoms with Crippen molar-refractivity contribution in [3.63, 3.8) is 0 Å². The van der Waals surface area contributed by atoms with Gasteiger partial charge in [0, 0.05) is 21.7 Å². The van der Waals surface area contributed by atoms with Gasteiger partial charge in [0.2, 0.25) is 5.91 Å². The Morgan fingerprint density at radius 3 is 2.02 bits per heavy atom. The molecule has 246 valence electrons. The minimum absolute atomic E-state index is 0.0129. The number of nitrogens with zero attached hydrogens (tertiary/aromatic N) is 1. The number of para-hydroxylation sites is 2. The summed E-state index contributed by atoms with van der Waals surface area (Å²) in [6.07, 6.45) is 3.29. The number of rotatable bonds is 10. The van der Waals surface area contributed by atoms with Crippen molar-refractivity contribution in [2.45, 2.75) is 17.7 Å². The van der Waals surface area contributed by atoms with Crippen LogP contribution in [0.3, 0.4) is 0 Å².